The van der Waals surface area contributed by atoms with E-state index in [0.29, 0.717) is 17.5 Å². The van der Waals surface area contributed by atoms with E-state index in [9.17, 15) is 4.79 Å². The van der Waals surface area contributed by atoms with Crippen LogP contribution in [0.2, 0.25) is 0 Å². The molecule has 0 radical (unpaired) electrons. The number of nitrogens with zero attached hydrogens (tertiary/aromatic N) is 1. The molecule has 0 saturated heterocycles. The van der Waals surface area contributed by atoms with E-state index in [4.69, 9.17) is 4.42 Å². The molecule has 1 aliphatic carbocycles. The standard InChI is InChI=1S/C13H19NO2/c1-8-7-12(10(3)16-8)13(15)14(4)9(2)11-5-6-11/h7,9,11H,5-6H2,1-4H3. The summed E-state index contributed by atoms with van der Waals surface area (Å²) in [7, 11) is 1.88. The Hall–Kier alpha value is -1.25. The second-order valence-corrected chi connectivity index (χ2v) is 4.82. The molecule has 1 saturated carbocycles. The van der Waals surface area contributed by atoms with E-state index >= 15 is 0 Å². The zero-order chi connectivity index (χ0) is 11.9. The van der Waals surface area contributed by atoms with Gasteiger partial charge in [-0.15, -0.1) is 0 Å². The Morgan fingerprint density at radius 3 is 2.56 bits per heavy atom. The predicted octanol–water partition coefficient (Wildman–Crippen LogP) is 2.77. The SMILES string of the molecule is Cc1cc(C(=O)N(C)C(C)C2CC2)c(C)o1. The van der Waals surface area contributed by atoms with E-state index in [2.05, 4.69) is 6.92 Å². The molecule has 0 aliphatic heterocycles. The van der Waals surface area contributed by atoms with Crippen molar-refractivity contribution in [3.63, 3.8) is 0 Å². The Morgan fingerprint density at radius 1 is 1.50 bits per heavy atom. The van der Waals surface area contributed by atoms with Crippen molar-refractivity contribution in [1.82, 2.24) is 4.90 Å². The number of carbonyl (C=O) groups excluding carboxylic acids is 1. The molecule has 1 fully saturated rings. The van der Waals surface area contributed by atoms with Crippen molar-refractivity contribution in [3.8, 4) is 0 Å². The third-order valence-electron chi connectivity index (χ3n) is 3.51. The Kier molecular flexibility index (Phi) is 2.78. The molecule has 0 spiro atoms. The van der Waals surface area contributed by atoms with Gasteiger partial charge in [0.05, 0.1) is 5.56 Å². The summed E-state index contributed by atoms with van der Waals surface area (Å²) < 4.78 is 5.39. The fourth-order valence-corrected chi connectivity index (χ4v) is 2.11. The van der Waals surface area contributed by atoms with Gasteiger partial charge < -0.3 is 9.32 Å². The molecule has 88 valence electrons. The first kappa shape index (κ1) is 11.2. The average Bonchev–Trinajstić information content (AvgIpc) is 3.02. The monoisotopic (exact) mass is 221 g/mol. The predicted molar refractivity (Wildman–Crippen MR) is 62.5 cm³/mol. The highest BCUT2D eigenvalue weighted by Gasteiger charge is 2.33. The molecule has 3 heteroatoms. The second-order valence-electron chi connectivity index (χ2n) is 4.82. The van der Waals surface area contributed by atoms with Crippen LogP contribution < -0.4 is 0 Å². The lowest BCUT2D eigenvalue weighted by Crippen LogP contribution is -2.36. The molecule has 0 bridgehead atoms. The highest BCUT2D eigenvalue weighted by Crippen LogP contribution is 2.35. The third-order valence-corrected chi connectivity index (χ3v) is 3.51. The van der Waals surface area contributed by atoms with E-state index in [1.165, 1.54) is 12.8 Å². The summed E-state index contributed by atoms with van der Waals surface area (Å²) in [5, 5.41) is 0. The summed E-state index contributed by atoms with van der Waals surface area (Å²) in [6.07, 6.45) is 2.50. The fourth-order valence-electron chi connectivity index (χ4n) is 2.11. The van der Waals surface area contributed by atoms with E-state index in [-0.39, 0.29) is 5.91 Å². The highest BCUT2D eigenvalue weighted by atomic mass is 16.3. The topological polar surface area (TPSA) is 33.5 Å². The van der Waals surface area contributed by atoms with Crippen LogP contribution in [0, 0.1) is 19.8 Å². The molecule has 0 aromatic carbocycles. The van der Waals surface area contributed by atoms with Crippen LogP contribution in [-0.4, -0.2) is 23.9 Å². The molecule has 1 atom stereocenters. The second kappa shape index (κ2) is 3.96. The van der Waals surface area contributed by atoms with Crippen molar-refractivity contribution in [2.24, 2.45) is 5.92 Å². The minimum atomic E-state index is 0.0775. The van der Waals surface area contributed by atoms with Crippen LogP contribution in [0.1, 0.15) is 41.6 Å². The quantitative estimate of drug-likeness (QED) is 0.786. The van der Waals surface area contributed by atoms with Gasteiger partial charge >= 0.3 is 0 Å². The van der Waals surface area contributed by atoms with Crippen LogP contribution in [0.5, 0.6) is 0 Å². The smallest absolute Gasteiger partial charge is 0.257 e. The Morgan fingerprint density at radius 2 is 2.12 bits per heavy atom. The van der Waals surface area contributed by atoms with Crippen LogP contribution in [-0.2, 0) is 0 Å². The van der Waals surface area contributed by atoms with Gasteiger partial charge in [-0.3, -0.25) is 4.79 Å². The summed E-state index contributed by atoms with van der Waals surface area (Å²) in [5.41, 5.74) is 0.701. The lowest BCUT2D eigenvalue weighted by atomic mass is 10.1. The average molecular weight is 221 g/mol. The van der Waals surface area contributed by atoms with Gasteiger partial charge in [-0.2, -0.15) is 0 Å². The number of rotatable bonds is 3. The van der Waals surface area contributed by atoms with Gasteiger partial charge in [0.2, 0.25) is 0 Å². The van der Waals surface area contributed by atoms with Crippen molar-refractivity contribution in [1.29, 1.82) is 0 Å². The van der Waals surface area contributed by atoms with Crippen LogP contribution in [0.4, 0.5) is 0 Å². The minimum Gasteiger partial charge on any atom is -0.466 e. The highest BCUT2D eigenvalue weighted by molar-refractivity contribution is 5.95. The molecule has 1 aliphatic rings. The van der Waals surface area contributed by atoms with E-state index in [1.807, 2.05) is 31.9 Å². The van der Waals surface area contributed by atoms with E-state index < -0.39 is 0 Å². The minimum absolute atomic E-state index is 0.0775. The molecule has 2 rings (SSSR count). The van der Waals surface area contributed by atoms with Gasteiger partial charge in [-0.25, -0.2) is 0 Å². The van der Waals surface area contributed by atoms with Gasteiger partial charge in [0.1, 0.15) is 11.5 Å². The van der Waals surface area contributed by atoms with Crippen LogP contribution in [0.3, 0.4) is 0 Å². The van der Waals surface area contributed by atoms with Crippen LogP contribution in [0.25, 0.3) is 0 Å². The van der Waals surface area contributed by atoms with E-state index in [1.54, 1.807) is 0 Å². The van der Waals surface area contributed by atoms with Crippen LogP contribution >= 0.6 is 0 Å². The first-order chi connectivity index (χ1) is 7.50. The van der Waals surface area contributed by atoms with Crippen LogP contribution in [0.15, 0.2) is 10.5 Å². The van der Waals surface area contributed by atoms with Gasteiger partial charge in [-0.05, 0) is 45.6 Å². The molecular weight excluding hydrogens is 202 g/mol. The normalized spacial score (nSPS) is 17.2. The fraction of sp³-hybridized carbons (Fsp3) is 0.615. The van der Waals surface area contributed by atoms with E-state index in [0.717, 1.165) is 11.5 Å². The molecule has 1 aromatic rings. The zero-order valence-corrected chi connectivity index (χ0v) is 10.4. The van der Waals surface area contributed by atoms with Gasteiger partial charge in [0, 0.05) is 13.1 Å². The number of hydrogen-bond acceptors (Lipinski definition) is 2. The molecule has 0 N–H and O–H groups in total. The molecule has 1 unspecified atom stereocenters. The number of furan rings is 1. The van der Waals surface area contributed by atoms with Gasteiger partial charge in [0.25, 0.3) is 5.91 Å². The number of aryl methyl sites for hydroxylation is 2. The Labute approximate surface area is 96.4 Å². The summed E-state index contributed by atoms with van der Waals surface area (Å²) >= 11 is 0. The lowest BCUT2D eigenvalue weighted by molar-refractivity contribution is 0.0725. The number of hydrogen-bond donors (Lipinski definition) is 0. The largest absolute Gasteiger partial charge is 0.466 e. The number of carbonyl (C=O) groups is 1. The van der Waals surface area contributed by atoms with Crippen molar-refractivity contribution in [3.05, 3.63) is 23.2 Å². The van der Waals surface area contributed by atoms with Crippen molar-refractivity contribution in [2.75, 3.05) is 7.05 Å². The first-order valence-electron chi connectivity index (χ1n) is 5.85. The maximum absolute atomic E-state index is 12.2. The van der Waals surface area contributed by atoms with Gasteiger partial charge in [-0.1, -0.05) is 0 Å². The maximum Gasteiger partial charge on any atom is 0.257 e. The number of amides is 1. The zero-order valence-electron chi connectivity index (χ0n) is 10.4. The molecule has 1 aromatic heterocycles. The maximum atomic E-state index is 12.2. The van der Waals surface area contributed by atoms with Gasteiger partial charge in [0.15, 0.2) is 0 Å². The lowest BCUT2D eigenvalue weighted by Gasteiger charge is -2.24. The van der Waals surface area contributed by atoms with Crippen molar-refractivity contribution >= 4 is 5.91 Å². The molecule has 1 amide bonds. The molecule has 1 heterocycles. The third kappa shape index (κ3) is 1.99. The Bertz CT molecular complexity index is 404. The first-order valence-corrected chi connectivity index (χ1v) is 5.85. The summed E-state index contributed by atoms with van der Waals surface area (Å²) in [6.45, 7) is 5.84. The molecule has 3 nitrogen and oxygen atoms in total. The summed E-state index contributed by atoms with van der Waals surface area (Å²) in [6, 6.07) is 2.16. The van der Waals surface area contributed by atoms with Crippen molar-refractivity contribution in [2.45, 2.75) is 39.7 Å². The molecular formula is C13H19NO2. The van der Waals surface area contributed by atoms with Crippen molar-refractivity contribution < 1.29 is 9.21 Å². The summed E-state index contributed by atoms with van der Waals surface area (Å²) in [4.78, 5) is 14.1. The molecule has 16 heavy (non-hydrogen) atoms. The Balaban J connectivity index is 2.14. The summed E-state index contributed by atoms with van der Waals surface area (Å²) in [5.74, 6) is 2.29.